The average Bonchev–Trinajstić information content (AvgIpc) is 2.68. The fourth-order valence-corrected chi connectivity index (χ4v) is 1.66. The molecule has 0 spiro atoms. The van der Waals surface area contributed by atoms with Crippen LogP contribution in [0.25, 0.3) is 0 Å². The van der Waals surface area contributed by atoms with Gasteiger partial charge in [0.15, 0.2) is 0 Å². The van der Waals surface area contributed by atoms with Crippen LogP contribution in [-0.2, 0) is 4.74 Å². The SMILES string of the molecule is CC1(C)COC(c2ccc(OCCCl)cc2)=N1. The Bertz CT molecular complexity index is 412. The number of rotatable bonds is 4. The van der Waals surface area contributed by atoms with E-state index in [9.17, 15) is 0 Å². The summed E-state index contributed by atoms with van der Waals surface area (Å²) in [7, 11) is 0. The maximum Gasteiger partial charge on any atom is 0.216 e. The molecule has 0 unspecified atom stereocenters. The zero-order chi connectivity index (χ0) is 12.3. The molecule has 0 saturated carbocycles. The normalized spacial score (nSPS) is 17.5. The number of alkyl halides is 1. The highest BCUT2D eigenvalue weighted by atomic mass is 35.5. The molecule has 17 heavy (non-hydrogen) atoms. The van der Waals surface area contributed by atoms with Crippen molar-refractivity contribution in [3.63, 3.8) is 0 Å². The van der Waals surface area contributed by atoms with Crippen LogP contribution in [0.1, 0.15) is 19.4 Å². The van der Waals surface area contributed by atoms with Crippen molar-refractivity contribution in [3.05, 3.63) is 29.8 Å². The molecular formula is C13H16ClNO2. The van der Waals surface area contributed by atoms with Gasteiger partial charge in [-0.3, -0.25) is 0 Å². The first-order valence-electron chi connectivity index (χ1n) is 5.62. The minimum Gasteiger partial charge on any atom is -0.492 e. The van der Waals surface area contributed by atoms with Crippen LogP contribution in [-0.4, -0.2) is 30.5 Å². The number of halogens is 1. The van der Waals surface area contributed by atoms with Crippen LogP contribution in [0.3, 0.4) is 0 Å². The molecule has 0 aliphatic carbocycles. The first-order chi connectivity index (χ1) is 8.11. The summed E-state index contributed by atoms with van der Waals surface area (Å²) in [5.41, 5.74) is 0.858. The average molecular weight is 254 g/mol. The number of ether oxygens (including phenoxy) is 2. The van der Waals surface area contributed by atoms with Gasteiger partial charge in [0.1, 0.15) is 19.0 Å². The van der Waals surface area contributed by atoms with E-state index in [-0.39, 0.29) is 5.54 Å². The van der Waals surface area contributed by atoms with Gasteiger partial charge in [0, 0.05) is 5.56 Å². The summed E-state index contributed by atoms with van der Waals surface area (Å²) in [6, 6.07) is 7.70. The van der Waals surface area contributed by atoms with E-state index >= 15 is 0 Å². The van der Waals surface area contributed by atoms with Gasteiger partial charge in [-0.05, 0) is 38.1 Å². The molecule has 3 nitrogen and oxygen atoms in total. The van der Waals surface area contributed by atoms with Crippen molar-refractivity contribution in [1.82, 2.24) is 0 Å². The second kappa shape index (κ2) is 4.96. The van der Waals surface area contributed by atoms with Crippen molar-refractivity contribution in [2.24, 2.45) is 4.99 Å². The first kappa shape index (κ1) is 12.2. The number of nitrogens with zero attached hydrogens (tertiary/aromatic N) is 1. The molecule has 0 amide bonds. The predicted octanol–water partition coefficient (Wildman–Crippen LogP) is 2.86. The molecule has 0 aromatic heterocycles. The zero-order valence-corrected chi connectivity index (χ0v) is 10.8. The van der Waals surface area contributed by atoms with Crippen LogP contribution >= 0.6 is 11.6 Å². The third-order valence-electron chi connectivity index (χ3n) is 2.41. The van der Waals surface area contributed by atoms with E-state index in [1.807, 2.05) is 24.3 Å². The Kier molecular flexibility index (Phi) is 3.57. The Labute approximate surface area is 106 Å². The Balaban J connectivity index is 2.08. The van der Waals surface area contributed by atoms with Crippen LogP contribution in [0.4, 0.5) is 0 Å². The lowest BCUT2D eigenvalue weighted by Crippen LogP contribution is -2.17. The summed E-state index contributed by atoms with van der Waals surface area (Å²) in [6.07, 6.45) is 0. The molecule has 0 saturated heterocycles. The van der Waals surface area contributed by atoms with Crippen LogP contribution in [0, 0.1) is 0 Å². The van der Waals surface area contributed by atoms with Crippen LogP contribution in [0.2, 0.25) is 0 Å². The quantitative estimate of drug-likeness (QED) is 0.773. The number of benzene rings is 1. The zero-order valence-electron chi connectivity index (χ0n) is 10.1. The lowest BCUT2D eigenvalue weighted by atomic mass is 10.1. The molecule has 4 heteroatoms. The molecule has 0 bridgehead atoms. The van der Waals surface area contributed by atoms with Crippen molar-refractivity contribution >= 4 is 17.5 Å². The van der Waals surface area contributed by atoms with Gasteiger partial charge in [-0.1, -0.05) is 0 Å². The second-order valence-electron chi connectivity index (χ2n) is 4.58. The third kappa shape index (κ3) is 3.13. The maximum atomic E-state index is 5.56. The van der Waals surface area contributed by atoms with Crippen molar-refractivity contribution in [3.8, 4) is 5.75 Å². The summed E-state index contributed by atoms with van der Waals surface area (Å²) < 4.78 is 11.0. The molecule has 0 N–H and O–H groups in total. The molecule has 2 rings (SSSR count). The smallest absolute Gasteiger partial charge is 0.216 e. The summed E-state index contributed by atoms with van der Waals surface area (Å²) >= 11 is 5.55. The Morgan fingerprint density at radius 1 is 1.35 bits per heavy atom. The topological polar surface area (TPSA) is 30.8 Å². The van der Waals surface area contributed by atoms with Crippen molar-refractivity contribution < 1.29 is 9.47 Å². The standard InChI is InChI=1S/C13H16ClNO2/c1-13(2)9-17-12(15-13)10-3-5-11(6-4-10)16-8-7-14/h3-6H,7-9H2,1-2H3. The lowest BCUT2D eigenvalue weighted by Gasteiger charge is -2.07. The Morgan fingerprint density at radius 2 is 2.06 bits per heavy atom. The van der Waals surface area contributed by atoms with Crippen molar-refractivity contribution in [1.29, 1.82) is 0 Å². The second-order valence-corrected chi connectivity index (χ2v) is 4.96. The van der Waals surface area contributed by atoms with Crippen LogP contribution in [0.5, 0.6) is 5.75 Å². The van der Waals surface area contributed by atoms with Crippen LogP contribution in [0.15, 0.2) is 29.3 Å². The summed E-state index contributed by atoms with van der Waals surface area (Å²) in [4.78, 5) is 4.51. The summed E-state index contributed by atoms with van der Waals surface area (Å²) in [5.74, 6) is 2.01. The van der Waals surface area contributed by atoms with Gasteiger partial charge < -0.3 is 9.47 Å². The van der Waals surface area contributed by atoms with E-state index in [1.165, 1.54) is 0 Å². The molecule has 92 valence electrons. The van der Waals surface area contributed by atoms with E-state index < -0.39 is 0 Å². The highest BCUT2D eigenvalue weighted by molar-refractivity contribution is 6.18. The van der Waals surface area contributed by atoms with Gasteiger partial charge in [0.05, 0.1) is 11.4 Å². The van der Waals surface area contributed by atoms with Crippen LogP contribution < -0.4 is 4.74 Å². The predicted molar refractivity (Wildman–Crippen MR) is 69.2 cm³/mol. The van der Waals surface area contributed by atoms with Gasteiger partial charge in [-0.2, -0.15) is 0 Å². The molecule has 0 fully saturated rings. The van der Waals surface area contributed by atoms with E-state index in [1.54, 1.807) is 0 Å². The minimum atomic E-state index is -0.122. The summed E-state index contributed by atoms with van der Waals surface area (Å²) in [6.45, 7) is 5.26. The summed E-state index contributed by atoms with van der Waals surface area (Å²) in [5, 5.41) is 0. The molecule has 1 aromatic carbocycles. The number of hydrogen-bond acceptors (Lipinski definition) is 3. The molecule has 1 aliphatic rings. The fraction of sp³-hybridized carbons (Fsp3) is 0.462. The Morgan fingerprint density at radius 3 is 2.59 bits per heavy atom. The van der Waals surface area contributed by atoms with Crippen molar-refractivity contribution in [2.75, 3.05) is 19.1 Å². The molecule has 0 atom stereocenters. The molecule has 1 aromatic rings. The highest BCUT2D eigenvalue weighted by Gasteiger charge is 2.26. The molecule has 1 aliphatic heterocycles. The number of hydrogen-bond donors (Lipinski definition) is 0. The largest absolute Gasteiger partial charge is 0.492 e. The minimum absolute atomic E-state index is 0.122. The number of aliphatic imine (C=N–C) groups is 1. The monoisotopic (exact) mass is 253 g/mol. The van der Waals surface area contributed by atoms with E-state index in [4.69, 9.17) is 21.1 Å². The van der Waals surface area contributed by atoms with Gasteiger partial charge >= 0.3 is 0 Å². The van der Waals surface area contributed by atoms with E-state index in [2.05, 4.69) is 18.8 Å². The molecule has 0 radical (unpaired) electrons. The maximum absolute atomic E-state index is 5.56. The molecular weight excluding hydrogens is 238 g/mol. The third-order valence-corrected chi connectivity index (χ3v) is 2.57. The highest BCUT2D eigenvalue weighted by Crippen LogP contribution is 2.22. The van der Waals surface area contributed by atoms with Gasteiger partial charge in [0.2, 0.25) is 5.90 Å². The molecule has 1 heterocycles. The van der Waals surface area contributed by atoms with Gasteiger partial charge in [-0.25, -0.2) is 4.99 Å². The first-order valence-corrected chi connectivity index (χ1v) is 6.16. The van der Waals surface area contributed by atoms with Gasteiger partial charge in [-0.15, -0.1) is 11.6 Å². The van der Waals surface area contributed by atoms with E-state index in [0.29, 0.717) is 25.0 Å². The van der Waals surface area contributed by atoms with Gasteiger partial charge in [0.25, 0.3) is 0 Å². The Hall–Kier alpha value is -1.22. The lowest BCUT2D eigenvalue weighted by molar-refractivity contribution is 0.279. The van der Waals surface area contributed by atoms with Crippen molar-refractivity contribution in [2.45, 2.75) is 19.4 Å². The fourth-order valence-electron chi connectivity index (χ4n) is 1.58. The van der Waals surface area contributed by atoms with E-state index in [0.717, 1.165) is 11.3 Å².